The lowest BCUT2D eigenvalue weighted by molar-refractivity contribution is -0.136. The number of anilines is 1. The molecule has 0 bridgehead atoms. The van der Waals surface area contributed by atoms with Gasteiger partial charge in [0.25, 0.3) is 0 Å². The average Bonchev–Trinajstić information content (AvgIpc) is 2.25. The first-order valence-electron chi connectivity index (χ1n) is 4.82. The van der Waals surface area contributed by atoms with Gasteiger partial charge in [-0.15, -0.1) is 0 Å². The Morgan fingerprint density at radius 2 is 2.18 bits per heavy atom. The fraction of sp³-hybridized carbons (Fsp3) is 0.556. The number of ether oxygens (including phenoxy) is 1. The lowest BCUT2D eigenvalue weighted by Crippen LogP contribution is -2.10. The smallest absolute Gasteiger partial charge is 0.389 e. The monoisotopic (exact) mass is 269 g/mol. The van der Waals surface area contributed by atoms with Crippen LogP contribution in [0.5, 0.6) is 5.88 Å². The van der Waals surface area contributed by atoms with Crippen LogP contribution < -0.4 is 10.1 Å². The first-order chi connectivity index (χ1) is 7.92. The molecule has 0 aromatic carbocycles. The van der Waals surface area contributed by atoms with Crippen LogP contribution in [0.15, 0.2) is 6.20 Å². The zero-order valence-electron chi connectivity index (χ0n) is 9.01. The molecular formula is C9H11ClF3N3O. The van der Waals surface area contributed by atoms with Gasteiger partial charge in [0, 0.05) is 13.5 Å². The highest BCUT2D eigenvalue weighted by atomic mass is 35.5. The van der Waals surface area contributed by atoms with Crippen molar-refractivity contribution in [3.63, 3.8) is 0 Å². The minimum Gasteiger partial charge on any atom is -0.476 e. The highest BCUT2D eigenvalue weighted by molar-refractivity contribution is 6.31. The van der Waals surface area contributed by atoms with Gasteiger partial charge in [0.15, 0.2) is 0 Å². The number of hydrogen-bond acceptors (Lipinski definition) is 4. The van der Waals surface area contributed by atoms with E-state index in [-0.39, 0.29) is 23.9 Å². The van der Waals surface area contributed by atoms with Crippen molar-refractivity contribution in [3.8, 4) is 5.88 Å². The first kappa shape index (κ1) is 13.8. The second kappa shape index (κ2) is 5.90. The van der Waals surface area contributed by atoms with Crippen LogP contribution in [0.25, 0.3) is 0 Å². The summed E-state index contributed by atoms with van der Waals surface area (Å²) in [4.78, 5) is 7.68. The van der Waals surface area contributed by atoms with Crippen molar-refractivity contribution in [2.75, 3.05) is 19.0 Å². The number of alkyl halides is 3. The van der Waals surface area contributed by atoms with Gasteiger partial charge < -0.3 is 10.1 Å². The molecule has 1 rings (SSSR count). The quantitative estimate of drug-likeness (QED) is 0.835. The molecule has 0 atom stereocenters. The number of nitrogens with one attached hydrogen (secondary N) is 1. The lowest BCUT2D eigenvalue weighted by Gasteiger charge is -2.09. The Hall–Kier alpha value is -1.24. The van der Waals surface area contributed by atoms with E-state index in [9.17, 15) is 13.2 Å². The molecule has 8 heteroatoms. The van der Waals surface area contributed by atoms with E-state index in [2.05, 4.69) is 15.3 Å². The molecule has 1 heterocycles. The van der Waals surface area contributed by atoms with Gasteiger partial charge in [0.2, 0.25) is 11.8 Å². The number of halogens is 4. The second-order valence-electron chi connectivity index (χ2n) is 3.16. The van der Waals surface area contributed by atoms with E-state index in [1.54, 1.807) is 7.05 Å². The Morgan fingerprint density at radius 1 is 1.47 bits per heavy atom. The van der Waals surface area contributed by atoms with Crippen molar-refractivity contribution in [2.45, 2.75) is 19.0 Å². The number of nitrogens with zero attached hydrogens (tertiary/aromatic N) is 2. The highest BCUT2D eigenvalue weighted by Gasteiger charge is 2.26. The topological polar surface area (TPSA) is 47.0 Å². The summed E-state index contributed by atoms with van der Waals surface area (Å²) < 4.78 is 40.6. The molecule has 0 radical (unpaired) electrons. The third-order valence-corrected chi connectivity index (χ3v) is 2.04. The summed E-state index contributed by atoms with van der Waals surface area (Å²) in [6.07, 6.45) is -3.89. The Bertz CT molecular complexity index is 373. The van der Waals surface area contributed by atoms with E-state index in [0.29, 0.717) is 5.95 Å². The third kappa shape index (κ3) is 5.08. The average molecular weight is 270 g/mol. The van der Waals surface area contributed by atoms with Gasteiger partial charge in [-0.3, -0.25) is 0 Å². The predicted octanol–water partition coefficient (Wildman–Crippen LogP) is 2.89. The number of hydrogen-bond donors (Lipinski definition) is 1. The summed E-state index contributed by atoms with van der Waals surface area (Å²) in [6, 6.07) is 0. The molecule has 96 valence electrons. The molecule has 17 heavy (non-hydrogen) atoms. The molecule has 1 N–H and O–H groups in total. The van der Waals surface area contributed by atoms with Crippen molar-refractivity contribution in [1.82, 2.24) is 9.97 Å². The summed E-state index contributed by atoms with van der Waals surface area (Å²) in [5, 5.41) is 2.83. The fourth-order valence-electron chi connectivity index (χ4n) is 1.01. The summed E-state index contributed by atoms with van der Waals surface area (Å²) in [6.45, 7) is -0.0978. The van der Waals surface area contributed by atoms with E-state index in [0.717, 1.165) is 0 Å². The van der Waals surface area contributed by atoms with Crippen LogP contribution in [0.4, 0.5) is 19.1 Å². The van der Waals surface area contributed by atoms with Crippen molar-refractivity contribution in [2.24, 2.45) is 0 Å². The van der Waals surface area contributed by atoms with E-state index < -0.39 is 12.6 Å². The van der Waals surface area contributed by atoms with Crippen LogP contribution in [-0.2, 0) is 0 Å². The maximum atomic E-state index is 11.9. The van der Waals surface area contributed by atoms with Crippen molar-refractivity contribution in [1.29, 1.82) is 0 Å². The number of rotatable bonds is 5. The Balaban J connectivity index is 2.46. The Morgan fingerprint density at radius 3 is 2.76 bits per heavy atom. The molecule has 0 unspecified atom stereocenters. The molecule has 4 nitrogen and oxygen atoms in total. The SMILES string of the molecule is CNc1ncc(Cl)c(OCCCC(F)(F)F)n1. The second-order valence-corrected chi connectivity index (χ2v) is 3.57. The maximum absolute atomic E-state index is 11.9. The van der Waals surface area contributed by atoms with Gasteiger partial charge in [-0.2, -0.15) is 18.2 Å². The fourth-order valence-corrected chi connectivity index (χ4v) is 1.16. The van der Waals surface area contributed by atoms with Gasteiger partial charge in [0.1, 0.15) is 5.02 Å². The molecule has 1 aromatic heterocycles. The van der Waals surface area contributed by atoms with Gasteiger partial charge in [-0.25, -0.2) is 4.98 Å². The third-order valence-electron chi connectivity index (χ3n) is 1.78. The summed E-state index contributed by atoms with van der Waals surface area (Å²) in [7, 11) is 1.61. The van der Waals surface area contributed by atoms with E-state index in [1.807, 2.05) is 0 Å². The molecule has 0 aliphatic heterocycles. The molecule has 0 saturated carbocycles. The van der Waals surface area contributed by atoms with Crippen LogP contribution in [0.3, 0.4) is 0 Å². The van der Waals surface area contributed by atoms with E-state index in [1.165, 1.54) is 6.20 Å². The summed E-state index contributed by atoms with van der Waals surface area (Å²) in [5.41, 5.74) is 0. The summed E-state index contributed by atoms with van der Waals surface area (Å²) >= 11 is 5.72. The van der Waals surface area contributed by atoms with Crippen LogP contribution in [0.2, 0.25) is 5.02 Å². The van der Waals surface area contributed by atoms with Gasteiger partial charge >= 0.3 is 6.18 Å². The van der Waals surface area contributed by atoms with Crippen molar-refractivity contribution in [3.05, 3.63) is 11.2 Å². The van der Waals surface area contributed by atoms with Crippen LogP contribution in [-0.4, -0.2) is 29.8 Å². The molecule has 0 aliphatic rings. The van der Waals surface area contributed by atoms with E-state index in [4.69, 9.17) is 16.3 Å². The molecule has 0 amide bonds. The van der Waals surface area contributed by atoms with Crippen LogP contribution in [0, 0.1) is 0 Å². The molecule has 0 saturated heterocycles. The van der Waals surface area contributed by atoms with Crippen LogP contribution in [0.1, 0.15) is 12.8 Å². The maximum Gasteiger partial charge on any atom is 0.389 e. The largest absolute Gasteiger partial charge is 0.476 e. The predicted molar refractivity (Wildman–Crippen MR) is 57.4 cm³/mol. The molecule has 0 aliphatic carbocycles. The molecule has 1 aromatic rings. The molecule has 0 fully saturated rings. The van der Waals surface area contributed by atoms with Gasteiger partial charge in [-0.05, 0) is 6.42 Å². The molecule has 0 spiro atoms. The van der Waals surface area contributed by atoms with Gasteiger partial charge in [0.05, 0.1) is 12.8 Å². The zero-order chi connectivity index (χ0) is 12.9. The summed E-state index contributed by atoms with van der Waals surface area (Å²) in [5.74, 6) is 0.369. The minimum atomic E-state index is -4.17. The lowest BCUT2D eigenvalue weighted by atomic mass is 10.3. The highest BCUT2D eigenvalue weighted by Crippen LogP contribution is 2.24. The number of aromatic nitrogens is 2. The van der Waals surface area contributed by atoms with E-state index >= 15 is 0 Å². The minimum absolute atomic E-state index is 0.0770. The molecular weight excluding hydrogens is 259 g/mol. The Labute approximate surface area is 101 Å². The normalized spacial score (nSPS) is 11.4. The van der Waals surface area contributed by atoms with Gasteiger partial charge in [-0.1, -0.05) is 11.6 Å². The zero-order valence-corrected chi connectivity index (χ0v) is 9.77. The standard InChI is InChI=1S/C9H11ClF3N3O/c1-14-8-15-5-6(10)7(16-8)17-4-2-3-9(11,12)13/h5H,2-4H2,1H3,(H,14,15,16). The van der Waals surface area contributed by atoms with Crippen molar-refractivity contribution < 1.29 is 17.9 Å². The van der Waals surface area contributed by atoms with Crippen molar-refractivity contribution >= 4 is 17.5 Å². The van der Waals surface area contributed by atoms with Crippen LogP contribution >= 0.6 is 11.6 Å². The Kier molecular flexibility index (Phi) is 4.80. The first-order valence-corrected chi connectivity index (χ1v) is 5.20.